The summed E-state index contributed by atoms with van der Waals surface area (Å²) >= 11 is 0. The van der Waals surface area contributed by atoms with Crippen LogP contribution in [0, 0.1) is 24.6 Å². The fourth-order valence-corrected chi connectivity index (χ4v) is 8.50. The van der Waals surface area contributed by atoms with Gasteiger partial charge >= 0.3 is 5.97 Å². The molecule has 4 bridgehead atoms. The number of aromatic nitrogens is 2. The van der Waals surface area contributed by atoms with Crippen molar-refractivity contribution in [3.8, 4) is 39.8 Å². The highest BCUT2D eigenvalue weighted by Crippen LogP contribution is 2.45. The number of carbonyl (C=O) groups is 5. The summed E-state index contributed by atoms with van der Waals surface area (Å²) in [5, 5.41) is 50.5. The molecule has 0 unspecified atom stereocenters. The minimum absolute atomic E-state index is 0.00870. The van der Waals surface area contributed by atoms with Crippen molar-refractivity contribution in [1.82, 2.24) is 24.9 Å². The number of rotatable bonds is 18. The Morgan fingerprint density at radius 3 is 2.17 bits per heavy atom. The van der Waals surface area contributed by atoms with Crippen molar-refractivity contribution < 1.29 is 66.7 Å². The summed E-state index contributed by atoms with van der Waals surface area (Å²) in [6, 6.07) is 8.01. The van der Waals surface area contributed by atoms with E-state index >= 15 is 4.39 Å². The summed E-state index contributed by atoms with van der Waals surface area (Å²) in [6.07, 6.45) is -4.10. The molecule has 0 saturated carbocycles. The molecule has 0 spiro atoms. The summed E-state index contributed by atoms with van der Waals surface area (Å²) in [7, 11) is -3.35. The lowest BCUT2D eigenvalue weighted by Gasteiger charge is -2.32. The van der Waals surface area contributed by atoms with E-state index in [0.29, 0.717) is 11.1 Å². The predicted molar refractivity (Wildman–Crippen MR) is 261 cm³/mol. The van der Waals surface area contributed by atoms with Crippen LogP contribution in [0.3, 0.4) is 0 Å². The number of nitrogens with one attached hydrogen (secondary N) is 2. The number of anilines is 1. The Hall–Kier alpha value is -6.67. The Kier molecular flexibility index (Phi) is 18.2. The van der Waals surface area contributed by atoms with Gasteiger partial charge in [-0.2, -0.15) is 8.42 Å². The quantitative estimate of drug-likeness (QED) is 0.0625. The summed E-state index contributed by atoms with van der Waals surface area (Å²) in [6.45, 7) is 6.23. The van der Waals surface area contributed by atoms with Crippen LogP contribution in [0.2, 0.25) is 0 Å². The number of Topliss-reactive ketones (excluding diaryl/α,β-unsaturated/α-hetero) is 2. The van der Waals surface area contributed by atoms with Crippen LogP contribution in [0.1, 0.15) is 79.3 Å². The van der Waals surface area contributed by atoms with Crippen LogP contribution in [-0.2, 0) is 41.2 Å². The van der Waals surface area contributed by atoms with E-state index in [1.54, 1.807) is 12.1 Å². The number of phenols is 1. The minimum atomic E-state index is -4.53. The summed E-state index contributed by atoms with van der Waals surface area (Å²) < 4.78 is 53.6. The van der Waals surface area contributed by atoms with Gasteiger partial charge in [0.25, 0.3) is 10.2 Å². The first-order valence-electron chi connectivity index (χ1n) is 22.7. The van der Waals surface area contributed by atoms with E-state index in [4.69, 9.17) is 31.8 Å². The molecule has 1 aliphatic rings. The Bertz CT molecular complexity index is 2800. The van der Waals surface area contributed by atoms with Gasteiger partial charge in [0.1, 0.15) is 54.9 Å². The molecule has 1 aromatic heterocycles. The van der Waals surface area contributed by atoms with Gasteiger partial charge < -0.3 is 57.3 Å². The molecule has 0 saturated heterocycles. The third kappa shape index (κ3) is 13.8. The molecular formula is C48H62FN9O13S. The summed E-state index contributed by atoms with van der Waals surface area (Å²) in [5.41, 5.74) is 17.7. The number of likely N-dealkylation sites (N-methyl/N-ethyl adjacent to an activating group) is 1. The molecule has 5 rings (SSSR count). The number of fused-ring (bicyclic) bond motifs is 5. The first-order chi connectivity index (χ1) is 33.6. The van der Waals surface area contributed by atoms with Crippen molar-refractivity contribution in [2.75, 3.05) is 45.6 Å². The SMILES string of the molecule is Cc1nc(-c2ccc(C(C)(C)C)c(F)c2)nc(N)c1C(=O)C[C@@H](CNS(N)(=O)=O)C(=O)N(C)[C@@H]1C(=O)C[C@@H](C)C(=O)N[C@H](C(=O)O)Cc2ccc(OC[C@H](O)CN)c(c2)-c2cc1cc(OC[C@H](O)CN)c2O. The summed E-state index contributed by atoms with van der Waals surface area (Å²) in [4.78, 5) is 79.7. The van der Waals surface area contributed by atoms with Crippen molar-refractivity contribution in [2.24, 2.45) is 28.4 Å². The second kappa shape index (κ2) is 23.3. The molecule has 4 aromatic rings. The third-order valence-electron chi connectivity index (χ3n) is 11.9. The monoisotopic (exact) mass is 1020 g/mol. The number of phenolic OH excluding ortho intramolecular Hbond substituents is 1. The number of carboxylic acids is 1. The maximum Gasteiger partial charge on any atom is 0.326 e. The van der Waals surface area contributed by atoms with E-state index in [2.05, 4.69) is 15.3 Å². The highest BCUT2D eigenvalue weighted by molar-refractivity contribution is 7.87. The number of halogens is 1. The van der Waals surface area contributed by atoms with E-state index in [1.165, 1.54) is 57.3 Å². The molecular weight excluding hydrogens is 962 g/mol. The Balaban J connectivity index is 1.67. The number of amides is 2. The van der Waals surface area contributed by atoms with E-state index in [0.717, 1.165) is 4.90 Å². The van der Waals surface area contributed by atoms with Crippen LogP contribution in [0.4, 0.5) is 10.2 Å². The van der Waals surface area contributed by atoms with Gasteiger partial charge in [-0.05, 0) is 59.4 Å². The van der Waals surface area contributed by atoms with Gasteiger partial charge in [0.05, 0.1) is 17.2 Å². The number of carboxylic acid groups (broad SMARTS) is 1. The number of aliphatic carboxylic acids is 1. The van der Waals surface area contributed by atoms with Gasteiger partial charge in [0.2, 0.25) is 11.8 Å². The molecule has 0 aliphatic carbocycles. The number of hydrogen-bond acceptors (Lipinski definition) is 17. The number of carbonyl (C=O) groups excluding carboxylic acids is 4. The molecule has 72 heavy (non-hydrogen) atoms. The zero-order chi connectivity index (χ0) is 53.6. The molecule has 2 heterocycles. The van der Waals surface area contributed by atoms with Gasteiger partial charge in [0.15, 0.2) is 28.9 Å². The topological polar surface area (TPSA) is 376 Å². The van der Waals surface area contributed by atoms with Gasteiger partial charge in [-0.3, -0.25) is 19.2 Å². The smallest absolute Gasteiger partial charge is 0.326 e. The standard InChI is InChI=1S/C48H62FN9O13S/c1-23-11-37(62)41(58(6)46(65)28(20-54-72(53,68)69)16-36(61)40-24(2)55-44(57-43(40)52)26-8-9-33(34(49)15-26)48(3,4)5)27-14-32(42(63)39(17-27)71-22-30(60)19-51)31-12-25(13-35(47(66)67)56-45(23)64)7-10-38(31)70-21-29(59)18-50/h7-10,12,14-15,17,23,28-30,35,41,54,59-60,63H,11,13,16,18-22,50-51H2,1-6H3,(H,56,64)(H,66,67)(H2,52,55,57)(H2,53,68,69)/t23-,28+,29-,30-,35+,41+/m1/s1. The van der Waals surface area contributed by atoms with E-state index in [-0.39, 0.29) is 82.8 Å². The fraction of sp³-hybridized carbons (Fsp3) is 0.438. The van der Waals surface area contributed by atoms with Gasteiger partial charge in [-0.15, -0.1) is 0 Å². The zero-order valence-electron chi connectivity index (χ0n) is 40.6. The molecule has 0 fully saturated rings. The molecule has 24 heteroatoms. The lowest BCUT2D eigenvalue weighted by atomic mass is 9.86. The number of ketones is 2. The number of nitrogen functional groups attached to an aromatic ring is 1. The van der Waals surface area contributed by atoms with Gasteiger partial charge in [0, 0.05) is 68.6 Å². The highest BCUT2D eigenvalue weighted by Gasteiger charge is 2.38. The first-order valence-corrected chi connectivity index (χ1v) is 24.3. The second-order valence-electron chi connectivity index (χ2n) is 18.7. The molecule has 6 atom stereocenters. The minimum Gasteiger partial charge on any atom is -0.504 e. The molecule has 14 N–H and O–H groups in total. The molecule has 390 valence electrons. The highest BCUT2D eigenvalue weighted by atomic mass is 32.2. The number of aliphatic hydroxyl groups excluding tert-OH is 2. The van der Waals surface area contributed by atoms with Gasteiger partial charge in [-0.1, -0.05) is 45.9 Å². The maximum atomic E-state index is 15.2. The number of hydrogen-bond donors (Lipinski definition) is 10. The number of nitrogens with two attached hydrogens (primary N) is 4. The Morgan fingerprint density at radius 1 is 0.958 bits per heavy atom. The molecule has 0 radical (unpaired) electrons. The van der Waals surface area contributed by atoms with E-state index in [9.17, 15) is 52.8 Å². The average molecular weight is 1020 g/mol. The Labute approximate surface area is 415 Å². The number of nitrogens with zero attached hydrogens (tertiary/aromatic N) is 3. The van der Waals surface area contributed by atoms with Crippen LogP contribution < -0.4 is 41.9 Å². The van der Waals surface area contributed by atoms with Crippen LogP contribution in [0.15, 0.2) is 48.5 Å². The number of aliphatic hydroxyl groups is 2. The predicted octanol–water partition coefficient (Wildman–Crippen LogP) is 1.14. The number of ether oxygens (including phenoxy) is 2. The lowest BCUT2D eigenvalue weighted by Crippen LogP contribution is -2.46. The van der Waals surface area contributed by atoms with Crippen molar-refractivity contribution in [3.63, 3.8) is 0 Å². The lowest BCUT2D eigenvalue weighted by molar-refractivity contribution is -0.143. The van der Waals surface area contributed by atoms with Crippen molar-refractivity contribution in [1.29, 1.82) is 0 Å². The van der Waals surface area contributed by atoms with E-state index in [1.807, 2.05) is 25.5 Å². The Morgan fingerprint density at radius 2 is 1.60 bits per heavy atom. The third-order valence-corrected chi connectivity index (χ3v) is 12.5. The number of aromatic hydroxyl groups is 1. The molecule has 2 amide bonds. The normalized spacial score (nSPS) is 17.8. The van der Waals surface area contributed by atoms with Crippen molar-refractivity contribution >= 4 is 45.4 Å². The van der Waals surface area contributed by atoms with E-state index < -0.39 is 119 Å². The largest absolute Gasteiger partial charge is 0.504 e. The molecule has 3 aromatic carbocycles. The zero-order valence-corrected chi connectivity index (χ0v) is 41.5. The maximum absolute atomic E-state index is 15.2. The molecule has 22 nitrogen and oxygen atoms in total. The van der Waals surface area contributed by atoms with Crippen LogP contribution >= 0.6 is 0 Å². The van der Waals surface area contributed by atoms with Crippen molar-refractivity contribution in [2.45, 2.75) is 83.6 Å². The number of benzene rings is 3. The molecule has 1 aliphatic heterocycles. The number of aryl methyl sites for hydroxylation is 1. The summed E-state index contributed by atoms with van der Waals surface area (Å²) in [5.74, 6) is -9.60. The fourth-order valence-electron chi connectivity index (χ4n) is 8.07. The van der Waals surface area contributed by atoms with Gasteiger partial charge in [-0.25, -0.2) is 29.0 Å². The van der Waals surface area contributed by atoms with Crippen LogP contribution in [0.25, 0.3) is 22.5 Å². The van der Waals surface area contributed by atoms with Crippen LogP contribution in [0.5, 0.6) is 17.2 Å². The first kappa shape index (κ1) is 56.2. The van der Waals surface area contributed by atoms with Crippen molar-refractivity contribution in [3.05, 3.63) is 82.3 Å². The second-order valence-corrected chi connectivity index (χ2v) is 20.1. The van der Waals surface area contributed by atoms with Crippen LogP contribution in [-0.4, -0.2) is 131 Å². The average Bonchev–Trinajstić information content (AvgIpc) is 3.30.